The van der Waals surface area contributed by atoms with Crippen molar-refractivity contribution in [2.45, 2.75) is 39.0 Å². The third kappa shape index (κ3) is 4.53. The minimum Gasteiger partial charge on any atom is -0.389 e. The van der Waals surface area contributed by atoms with Crippen LogP contribution in [-0.4, -0.2) is 17.4 Å². The van der Waals surface area contributed by atoms with Crippen molar-refractivity contribution in [2.75, 3.05) is 6.54 Å². The van der Waals surface area contributed by atoms with Crippen LogP contribution in [0.1, 0.15) is 54.9 Å². The van der Waals surface area contributed by atoms with Gasteiger partial charge in [-0.3, -0.25) is 4.79 Å². The zero-order valence-electron chi connectivity index (χ0n) is 12.6. The standard InChI is InChI=1S/C17H24N2OS/c1-2-12-3-5-13(6-4-12)11-19-17(20)15-9-7-14(8-10-15)16(18)21/h7-10,12-13H,2-6,11H2,1H3,(H2,18,21)(H,19,20). The van der Waals surface area contributed by atoms with E-state index in [-0.39, 0.29) is 5.91 Å². The van der Waals surface area contributed by atoms with Crippen LogP contribution in [0, 0.1) is 11.8 Å². The van der Waals surface area contributed by atoms with Gasteiger partial charge in [0.1, 0.15) is 4.99 Å². The van der Waals surface area contributed by atoms with Gasteiger partial charge >= 0.3 is 0 Å². The molecule has 0 atom stereocenters. The fourth-order valence-electron chi connectivity index (χ4n) is 2.97. The first kappa shape index (κ1) is 16.0. The van der Waals surface area contributed by atoms with Gasteiger partial charge in [0.05, 0.1) is 0 Å². The van der Waals surface area contributed by atoms with Crippen LogP contribution >= 0.6 is 12.2 Å². The third-order valence-corrected chi connectivity index (χ3v) is 4.76. The zero-order chi connectivity index (χ0) is 15.2. The molecule has 3 N–H and O–H groups in total. The number of hydrogen-bond donors (Lipinski definition) is 2. The van der Waals surface area contributed by atoms with Crippen LogP contribution in [0.5, 0.6) is 0 Å². The Hall–Kier alpha value is -1.42. The van der Waals surface area contributed by atoms with Crippen LogP contribution in [0.4, 0.5) is 0 Å². The van der Waals surface area contributed by atoms with E-state index in [2.05, 4.69) is 12.2 Å². The van der Waals surface area contributed by atoms with Gasteiger partial charge in [0, 0.05) is 17.7 Å². The van der Waals surface area contributed by atoms with E-state index in [4.69, 9.17) is 18.0 Å². The summed E-state index contributed by atoms with van der Waals surface area (Å²) in [5.74, 6) is 1.51. The van der Waals surface area contributed by atoms with E-state index in [0.29, 0.717) is 16.5 Å². The summed E-state index contributed by atoms with van der Waals surface area (Å²) in [6, 6.07) is 7.14. The van der Waals surface area contributed by atoms with Gasteiger partial charge in [-0.25, -0.2) is 0 Å². The van der Waals surface area contributed by atoms with Gasteiger partial charge in [-0.05, 0) is 36.8 Å². The van der Waals surface area contributed by atoms with E-state index in [1.807, 2.05) is 0 Å². The van der Waals surface area contributed by atoms with E-state index >= 15 is 0 Å². The summed E-state index contributed by atoms with van der Waals surface area (Å²) in [7, 11) is 0. The lowest BCUT2D eigenvalue weighted by Crippen LogP contribution is -2.31. The molecule has 0 spiro atoms. The smallest absolute Gasteiger partial charge is 0.251 e. The summed E-state index contributed by atoms with van der Waals surface area (Å²) in [6.07, 6.45) is 6.37. The molecule has 0 unspecified atom stereocenters. The Morgan fingerprint density at radius 3 is 2.19 bits per heavy atom. The first-order valence-electron chi connectivity index (χ1n) is 7.78. The first-order chi connectivity index (χ1) is 10.1. The largest absolute Gasteiger partial charge is 0.389 e. The highest BCUT2D eigenvalue weighted by molar-refractivity contribution is 7.80. The molecule has 0 saturated heterocycles. The second-order valence-corrected chi connectivity index (χ2v) is 6.39. The van der Waals surface area contributed by atoms with Crippen molar-refractivity contribution in [1.82, 2.24) is 5.32 Å². The van der Waals surface area contributed by atoms with Crippen LogP contribution in [0.15, 0.2) is 24.3 Å². The molecule has 4 heteroatoms. The van der Waals surface area contributed by atoms with Gasteiger partial charge in [0.2, 0.25) is 0 Å². The molecule has 3 nitrogen and oxygen atoms in total. The Morgan fingerprint density at radius 1 is 1.14 bits per heavy atom. The maximum absolute atomic E-state index is 12.1. The predicted octanol–water partition coefficient (Wildman–Crippen LogP) is 3.27. The Balaban J connectivity index is 1.80. The number of carbonyl (C=O) groups is 1. The topological polar surface area (TPSA) is 55.1 Å². The number of nitrogens with two attached hydrogens (primary N) is 1. The Labute approximate surface area is 132 Å². The number of benzene rings is 1. The summed E-state index contributed by atoms with van der Waals surface area (Å²) in [5, 5.41) is 3.05. The van der Waals surface area contributed by atoms with E-state index in [1.54, 1.807) is 24.3 Å². The van der Waals surface area contributed by atoms with Gasteiger partial charge in [-0.15, -0.1) is 0 Å². The Morgan fingerprint density at radius 2 is 1.67 bits per heavy atom. The molecule has 114 valence electrons. The molecule has 21 heavy (non-hydrogen) atoms. The van der Waals surface area contributed by atoms with Gasteiger partial charge < -0.3 is 11.1 Å². The summed E-state index contributed by atoms with van der Waals surface area (Å²) < 4.78 is 0. The molecular formula is C17H24N2OS. The molecular weight excluding hydrogens is 280 g/mol. The van der Waals surface area contributed by atoms with Crippen LogP contribution in [0.3, 0.4) is 0 Å². The monoisotopic (exact) mass is 304 g/mol. The lowest BCUT2D eigenvalue weighted by atomic mass is 9.81. The van der Waals surface area contributed by atoms with Crippen molar-refractivity contribution in [2.24, 2.45) is 17.6 Å². The molecule has 1 fully saturated rings. The van der Waals surface area contributed by atoms with E-state index in [1.165, 1.54) is 32.1 Å². The molecule has 1 aliphatic rings. The fourth-order valence-corrected chi connectivity index (χ4v) is 3.10. The highest BCUT2D eigenvalue weighted by Crippen LogP contribution is 2.30. The maximum atomic E-state index is 12.1. The molecule has 1 amide bonds. The number of carbonyl (C=O) groups excluding carboxylic acids is 1. The van der Waals surface area contributed by atoms with Gasteiger partial charge in [-0.2, -0.15) is 0 Å². The molecule has 1 saturated carbocycles. The van der Waals surface area contributed by atoms with Crippen molar-refractivity contribution in [3.63, 3.8) is 0 Å². The Kier molecular flexibility index (Phi) is 5.74. The lowest BCUT2D eigenvalue weighted by molar-refractivity contribution is 0.0941. The van der Waals surface area contributed by atoms with Crippen molar-refractivity contribution in [3.8, 4) is 0 Å². The minimum atomic E-state index is -0.0119. The Bertz CT molecular complexity index is 490. The summed E-state index contributed by atoms with van der Waals surface area (Å²) in [6.45, 7) is 3.05. The third-order valence-electron chi connectivity index (χ3n) is 4.53. The summed E-state index contributed by atoms with van der Waals surface area (Å²) in [4.78, 5) is 12.5. The number of rotatable bonds is 5. The van der Waals surface area contributed by atoms with Crippen LogP contribution < -0.4 is 11.1 Å². The van der Waals surface area contributed by atoms with Gasteiger partial charge in [0.15, 0.2) is 0 Å². The van der Waals surface area contributed by atoms with E-state index in [0.717, 1.165) is 18.0 Å². The predicted molar refractivity (Wildman–Crippen MR) is 90.4 cm³/mol. The number of amides is 1. The lowest BCUT2D eigenvalue weighted by Gasteiger charge is -2.27. The highest BCUT2D eigenvalue weighted by atomic mass is 32.1. The number of thiocarbonyl (C=S) groups is 1. The second-order valence-electron chi connectivity index (χ2n) is 5.95. The van der Waals surface area contributed by atoms with Crippen molar-refractivity contribution < 1.29 is 4.79 Å². The van der Waals surface area contributed by atoms with Crippen molar-refractivity contribution in [1.29, 1.82) is 0 Å². The number of hydrogen-bond acceptors (Lipinski definition) is 2. The molecule has 0 aliphatic heterocycles. The van der Waals surface area contributed by atoms with Gasteiger partial charge in [-0.1, -0.05) is 50.5 Å². The summed E-state index contributed by atoms with van der Waals surface area (Å²) >= 11 is 4.90. The molecule has 0 aromatic heterocycles. The quantitative estimate of drug-likeness (QED) is 0.821. The summed E-state index contributed by atoms with van der Waals surface area (Å²) in [5.41, 5.74) is 7.00. The highest BCUT2D eigenvalue weighted by Gasteiger charge is 2.20. The second kappa shape index (κ2) is 7.55. The SMILES string of the molecule is CCC1CCC(CNC(=O)c2ccc(C(N)=S)cc2)CC1. The van der Waals surface area contributed by atoms with Crippen LogP contribution in [0.25, 0.3) is 0 Å². The zero-order valence-corrected chi connectivity index (χ0v) is 13.4. The van der Waals surface area contributed by atoms with Crippen molar-refractivity contribution in [3.05, 3.63) is 35.4 Å². The first-order valence-corrected chi connectivity index (χ1v) is 8.19. The van der Waals surface area contributed by atoms with Crippen LogP contribution in [0.2, 0.25) is 0 Å². The molecule has 2 rings (SSSR count). The minimum absolute atomic E-state index is 0.0119. The molecule has 0 bridgehead atoms. The average molecular weight is 304 g/mol. The van der Waals surface area contributed by atoms with E-state index < -0.39 is 0 Å². The normalized spacial score (nSPS) is 21.8. The molecule has 1 aromatic rings. The molecule has 1 aromatic carbocycles. The van der Waals surface area contributed by atoms with Crippen molar-refractivity contribution >= 4 is 23.1 Å². The van der Waals surface area contributed by atoms with Gasteiger partial charge in [0.25, 0.3) is 5.91 Å². The maximum Gasteiger partial charge on any atom is 0.251 e. The molecule has 1 aliphatic carbocycles. The number of nitrogens with one attached hydrogen (secondary N) is 1. The fraction of sp³-hybridized carbons (Fsp3) is 0.529. The molecule has 0 radical (unpaired) electrons. The van der Waals surface area contributed by atoms with Crippen LogP contribution in [-0.2, 0) is 0 Å². The average Bonchev–Trinajstić information content (AvgIpc) is 2.53. The van der Waals surface area contributed by atoms with E-state index in [9.17, 15) is 4.79 Å². The molecule has 0 heterocycles.